The monoisotopic (exact) mass is 287 g/mol. The zero-order chi connectivity index (χ0) is 14.7. The number of halogens is 2. The number of ether oxygens (including phenoxy) is 1. The molecule has 0 N–H and O–H groups in total. The Bertz CT molecular complexity index is 748. The van der Waals surface area contributed by atoms with Gasteiger partial charge in [-0.25, -0.2) is 4.98 Å². The average Bonchev–Trinajstić information content (AvgIpc) is 2.88. The molecule has 3 aromatic rings. The standard InChI is InChI=1S/C16H11F2NO2/c17-16(18)21-13-7-3-1-5-11(13)9-10-15-19-12-6-2-4-8-14(12)20-15/h1-10,16H/b10-9+. The number of para-hydroxylation sites is 3. The van der Waals surface area contributed by atoms with E-state index in [1.807, 2.05) is 24.3 Å². The van der Waals surface area contributed by atoms with Gasteiger partial charge in [0.15, 0.2) is 5.58 Å². The van der Waals surface area contributed by atoms with E-state index in [1.165, 1.54) is 6.07 Å². The van der Waals surface area contributed by atoms with Crippen LogP contribution < -0.4 is 4.74 Å². The second-order valence-corrected chi connectivity index (χ2v) is 4.27. The summed E-state index contributed by atoms with van der Waals surface area (Å²) in [6.45, 7) is -2.86. The lowest BCUT2D eigenvalue weighted by Gasteiger charge is -2.06. The van der Waals surface area contributed by atoms with Gasteiger partial charge in [0, 0.05) is 11.6 Å². The van der Waals surface area contributed by atoms with Crippen molar-refractivity contribution in [2.45, 2.75) is 6.61 Å². The van der Waals surface area contributed by atoms with E-state index in [1.54, 1.807) is 30.4 Å². The minimum Gasteiger partial charge on any atom is -0.437 e. The molecule has 0 fully saturated rings. The Morgan fingerprint density at radius 3 is 2.57 bits per heavy atom. The van der Waals surface area contributed by atoms with Crippen LogP contribution in [0.15, 0.2) is 52.9 Å². The smallest absolute Gasteiger partial charge is 0.387 e. The first kappa shape index (κ1) is 13.3. The van der Waals surface area contributed by atoms with Crippen molar-refractivity contribution in [3.63, 3.8) is 0 Å². The second-order valence-electron chi connectivity index (χ2n) is 4.27. The molecule has 0 saturated carbocycles. The van der Waals surface area contributed by atoms with Crippen LogP contribution in [0.25, 0.3) is 23.3 Å². The minimum atomic E-state index is -2.86. The number of aromatic nitrogens is 1. The Morgan fingerprint density at radius 1 is 1.00 bits per heavy atom. The SMILES string of the molecule is FC(F)Oc1ccccc1/C=C/c1nc2ccccc2o1. The summed E-state index contributed by atoms with van der Waals surface area (Å²) in [5.41, 5.74) is 1.95. The highest BCUT2D eigenvalue weighted by atomic mass is 19.3. The molecule has 5 heteroatoms. The fraction of sp³-hybridized carbons (Fsp3) is 0.0625. The molecule has 2 aromatic carbocycles. The van der Waals surface area contributed by atoms with E-state index in [9.17, 15) is 8.78 Å². The van der Waals surface area contributed by atoms with Gasteiger partial charge in [-0.3, -0.25) is 0 Å². The predicted octanol–water partition coefficient (Wildman–Crippen LogP) is 4.60. The van der Waals surface area contributed by atoms with Crippen LogP contribution >= 0.6 is 0 Å². The summed E-state index contributed by atoms with van der Waals surface area (Å²) in [6.07, 6.45) is 3.25. The molecular formula is C16H11F2NO2. The van der Waals surface area contributed by atoms with Crippen molar-refractivity contribution >= 4 is 23.3 Å². The van der Waals surface area contributed by atoms with Crippen LogP contribution in [-0.4, -0.2) is 11.6 Å². The molecule has 0 aliphatic heterocycles. The van der Waals surface area contributed by atoms with Gasteiger partial charge in [0.25, 0.3) is 0 Å². The minimum absolute atomic E-state index is 0.111. The second kappa shape index (κ2) is 5.75. The van der Waals surface area contributed by atoms with Crippen LogP contribution in [0.4, 0.5) is 8.78 Å². The Balaban J connectivity index is 1.88. The Labute approximate surface area is 119 Å². The Kier molecular flexibility index (Phi) is 3.64. The van der Waals surface area contributed by atoms with Crippen molar-refractivity contribution in [1.29, 1.82) is 0 Å². The number of hydrogen-bond acceptors (Lipinski definition) is 3. The number of fused-ring (bicyclic) bond motifs is 1. The maximum Gasteiger partial charge on any atom is 0.387 e. The van der Waals surface area contributed by atoms with Gasteiger partial charge in [-0.15, -0.1) is 0 Å². The van der Waals surface area contributed by atoms with Gasteiger partial charge in [-0.05, 0) is 24.3 Å². The molecule has 0 saturated heterocycles. The molecule has 0 radical (unpaired) electrons. The third kappa shape index (κ3) is 3.08. The highest BCUT2D eigenvalue weighted by Crippen LogP contribution is 2.23. The highest BCUT2D eigenvalue weighted by Gasteiger charge is 2.07. The Hall–Kier alpha value is -2.69. The van der Waals surface area contributed by atoms with E-state index in [-0.39, 0.29) is 5.75 Å². The lowest BCUT2D eigenvalue weighted by Crippen LogP contribution is -2.02. The normalized spacial score (nSPS) is 11.6. The van der Waals surface area contributed by atoms with Crippen molar-refractivity contribution < 1.29 is 17.9 Å². The van der Waals surface area contributed by atoms with E-state index in [4.69, 9.17) is 4.42 Å². The molecule has 1 aromatic heterocycles. The van der Waals surface area contributed by atoms with Gasteiger partial charge < -0.3 is 9.15 Å². The lowest BCUT2D eigenvalue weighted by molar-refractivity contribution is -0.0499. The molecule has 0 amide bonds. The third-order valence-electron chi connectivity index (χ3n) is 2.85. The number of benzene rings is 2. The molecule has 0 unspecified atom stereocenters. The number of rotatable bonds is 4. The fourth-order valence-electron chi connectivity index (χ4n) is 1.94. The van der Waals surface area contributed by atoms with Crippen LogP contribution in [-0.2, 0) is 0 Å². The van der Waals surface area contributed by atoms with Crippen molar-refractivity contribution in [3.05, 3.63) is 60.0 Å². The topological polar surface area (TPSA) is 35.3 Å². The van der Waals surface area contributed by atoms with Crippen LogP contribution in [0.3, 0.4) is 0 Å². The molecule has 0 atom stereocenters. The van der Waals surface area contributed by atoms with Crippen LogP contribution in [0.1, 0.15) is 11.5 Å². The average molecular weight is 287 g/mol. The molecule has 0 aliphatic carbocycles. The van der Waals surface area contributed by atoms with E-state index >= 15 is 0 Å². The summed E-state index contributed by atoms with van der Waals surface area (Å²) in [4.78, 5) is 4.28. The lowest BCUT2D eigenvalue weighted by atomic mass is 10.2. The molecular weight excluding hydrogens is 276 g/mol. The number of oxazole rings is 1. The zero-order valence-corrected chi connectivity index (χ0v) is 10.9. The maximum atomic E-state index is 12.3. The largest absolute Gasteiger partial charge is 0.437 e. The summed E-state index contributed by atoms with van der Waals surface area (Å²) < 4.78 is 34.6. The van der Waals surface area contributed by atoms with Crippen molar-refractivity contribution in [3.8, 4) is 5.75 Å². The Morgan fingerprint density at radius 2 is 1.76 bits per heavy atom. The van der Waals surface area contributed by atoms with Crippen LogP contribution in [0.5, 0.6) is 5.75 Å². The molecule has 0 spiro atoms. The maximum absolute atomic E-state index is 12.3. The summed E-state index contributed by atoms with van der Waals surface area (Å²) >= 11 is 0. The first-order valence-corrected chi connectivity index (χ1v) is 6.30. The summed E-state index contributed by atoms with van der Waals surface area (Å²) in [5.74, 6) is 0.517. The van der Waals surface area contributed by atoms with E-state index in [2.05, 4.69) is 9.72 Å². The first-order chi connectivity index (χ1) is 10.2. The van der Waals surface area contributed by atoms with Gasteiger partial charge in [0.1, 0.15) is 11.3 Å². The molecule has 0 bridgehead atoms. The van der Waals surface area contributed by atoms with Crippen molar-refractivity contribution in [2.75, 3.05) is 0 Å². The molecule has 3 rings (SSSR count). The number of alkyl halides is 2. The highest BCUT2D eigenvalue weighted by molar-refractivity contribution is 5.76. The summed E-state index contributed by atoms with van der Waals surface area (Å²) in [5, 5.41) is 0. The van der Waals surface area contributed by atoms with Gasteiger partial charge in [0.05, 0.1) is 0 Å². The molecule has 106 valence electrons. The molecule has 3 nitrogen and oxygen atoms in total. The van der Waals surface area contributed by atoms with E-state index < -0.39 is 6.61 Å². The molecule has 0 aliphatic rings. The van der Waals surface area contributed by atoms with E-state index in [0.29, 0.717) is 17.0 Å². The van der Waals surface area contributed by atoms with Crippen LogP contribution in [0, 0.1) is 0 Å². The van der Waals surface area contributed by atoms with Crippen molar-refractivity contribution in [2.24, 2.45) is 0 Å². The van der Waals surface area contributed by atoms with Gasteiger partial charge in [-0.2, -0.15) is 8.78 Å². The van der Waals surface area contributed by atoms with Crippen molar-refractivity contribution in [1.82, 2.24) is 4.98 Å². The summed E-state index contributed by atoms with van der Waals surface area (Å²) in [7, 11) is 0. The third-order valence-corrected chi connectivity index (χ3v) is 2.85. The van der Waals surface area contributed by atoms with E-state index in [0.717, 1.165) is 5.52 Å². The zero-order valence-electron chi connectivity index (χ0n) is 10.9. The van der Waals surface area contributed by atoms with Gasteiger partial charge in [0.2, 0.25) is 5.89 Å². The number of nitrogens with zero attached hydrogens (tertiary/aromatic N) is 1. The van der Waals surface area contributed by atoms with Gasteiger partial charge >= 0.3 is 6.61 Å². The van der Waals surface area contributed by atoms with Gasteiger partial charge in [-0.1, -0.05) is 30.3 Å². The summed E-state index contributed by atoms with van der Waals surface area (Å²) in [6, 6.07) is 13.9. The molecule has 21 heavy (non-hydrogen) atoms. The molecule has 1 heterocycles. The van der Waals surface area contributed by atoms with Crippen LogP contribution in [0.2, 0.25) is 0 Å². The first-order valence-electron chi connectivity index (χ1n) is 6.30. The quantitative estimate of drug-likeness (QED) is 0.703. The fourth-order valence-corrected chi connectivity index (χ4v) is 1.94. The predicted molar refractivity (Wildman–Crippen MR) is 76.0 cm³/mol. The number of hydrogen-bond donors (Lipinski definition) is 0.